The average Bonchev–Trinajstić information content (AvgIpc) is 3.47. The molecule has 10 aromatic rings. The number of pyridine rings is 4. The van der Waals surface area contributed by atoms with E-state index in [0.717, 1.165) is 58.9 Å². The van der Waals surface area contributed by atoms with Crippen molar-refractivity contribution in [2.24, 2.45) is 10.9 Å². The van der Waals surface area contributed by atoms with Gasteiger partial charge in [0.05, 0.1) is 59.2 Å². The van der Waals surface area contributed by atoms with Crippen LogP contribution in [-0.4, -0.2) is 52.4 Å². The van der Waals surface area contributed by atoms with E-state index in [1.54, 1.807) is 42.9 Å². The number of anilines is 6. The number of nitrogens with one attached hydrogen (secondary N) is 4. The van der Waals surface area contributed by atoms with E-state index in [4.69, 9.17) is 5.84 Å². The van der Waals surface area contributed by atoms with Crippen molar-refractivity contribution in [2.75, 3.05) is 21.5 Å². The third-order valence-corrected chi connectivity index (χ3v) is 10.9. The van der Waals surface area contributed by atoms with Gasteiger partial charge >= 0.3 is 12.4 Å². The Morgan fingerprint density at radius 1 is 0.443 bits per heavy atom. The Balaban J connectivity index is 0.000000172. The van der Waals surface area contributed by atoms with Crippen LogP contribution in [0.3, 0.4) is 0 Å². The second kappa shape index (κ2) is 25.4. The van der Waals surface area contributed by atoms with Crippen LogP contribution in [0.2, 0.25) is 0 Å². The molecule has 79 heavy (non-hydrogen) atoms. The number of hydrogen-bond acceptors (Lipinski definition) is 15. The maximum atomic E-state index is 14.6. The van der Waals surface area contributed by atoms with Gasteiger partial charge in [-0.15, -0.1) is 0 Å². The van der Waals surface area contributed by atoms with Crippen molar-refractivity contribution in [2.45, 2.75) is 12.4 Å². The second-order valence-electron chi connectivity index (χ2n) is 16.4. The number of nitrogens with two attached hydrogens (primary N) is 1. The fraction of sp³-hybridized carbons (Fsp3) is 0.0357. The Hall–Kier alpha value is -10.4. The van der Waals surface area contributed by atoms with Gasteiger partial charge in [-0.25, -0.2) is 40.0 Å². The van der Waals surface area contributed by atoms with E-state index >= 15 is 0 Å². The summed E-state index contributed by atoms with van der Waals surface area (Å²) in [6, 6.07) is 39.0. The number of benzene rings is 4. The molecule has 396 valence electrons. The highest BCUT2D eigenvalue weighted by atomic mass is 19.4. The lowest BCUT2D eigenvalue weighted by Gasteiger charge is -2.10. The fourth-order valence-corrected chi connectivity index (χ4v) is 7.12. The van der Waals surface area contributed by atoms with Crippen molar-refractivity contribution in [3.63, 3.8) is 0 Å². The minimum Gasteiger partial charge on any atom is -0.354 e. The van der Waals surface area contributed by atoms with Gasteiger partial charge in [-0.2, -0.15) is 31.4 Å². The summed E-state index contributed by atoms with van der Waals surface area (Å²) in [5.41, 5.74) is 10.7. The van der Waals surface area contributed by atoms with Gasteiger partial charge in [0.15, 0.2) is 17.9 Å². The van der Waals surface area contributed by atoms with Crippen LogP contribution in [0.15, 0.2) is 200 Å². The number of carbonyl (C=O) groups is 1. The van der Waals surface area contributed by atoms with E-state index in [2.05, 4.69) is 66.5 Å². The summed E-state index contributed by atoms with van der Waals surface area (Å²) >= 11 is 0. The number of rotatable bonds is 13. The maximum Gasteiger partial charge on any atom is 0.416 e. The molecule has 0 bridgehead atoms. The highest BCUT2D eigenvalue weighted by Crippen LogP contribution is 2.33. The van der Waals surface area contributed by atoms with Crippen LogP contribution in [0.5, 0.6) is 0 Å². The van der Waals surface area contributed by atoms with Gasteiger partial charge in [-0.1, -0.05) is 72.8 Å². The molecule has 0 fully saturated rings. The highest BCUT2D eigenvalue weighted by Gasteiger charge is 2.31. The standard InChI is InChI=1S/C28H19F4N7.C15H12FN5.C13H9F3N2O/c29-25-17-35-27(38-26(25)20-11-19(13-33-14-20)18-5-2-1-3-6-18)39-36-16-23-9-10-24(15-34-23)37-22-8-4-7-21(12-22)28(30,31)32;16-13-9-19-15(21-17)20-14(13)12-6-11(7-18-8-12)10-4-2-1-3-5-10;14-13(15,16)9-2-1-3-10(6-9)18-11-4-5-12(8-19)17-7-11/h1-17,37H,(H,35,38,39);1-9H,17H2,(H,19,20,21);1-8,18H/b36-16+;;. The predicted molar refractivity (Wildman–Crippen MR) is 284 cm³/mol. The molecule has 6 heterocycles. The molecule has 0 atom stereocenters. The fourth-order valence-electron chi connectivity index (χ4n) is 7.12. The van der Waals surface area contributed by atoms with Gasteiger partial charge in [-0.05, 0) is 83.9 Å². The molecule has 10 rings (SSSR count). The Morgan fingerprint density at radius 3 is 1.34 bits per heavy atom. The molecule has 0 radical (unpaired) electrons. The lowest BCUT2D eigenvalue weighted by molar-refractivity contribution is -0.138. The molecular formula is C56H40F8N14O. The lowest BCUT2D eigenvalue weighted by Crippen LogP contribution is -2.11. The first-order chi connectivity index (χ1) is 38.1. The third kappa shape index (κ3) is 15.4. The van der Waals surface area contributed by atoms with E-state index < -0.39 is 35.1 Å². The van der Waals surface area contributed by atoms with Crippen LogP contribution in [0.25, 0.3) is 44.8 Å². The molecule has 6 N–H and O–H groups in total. The van der Waals surface area contributed by atoms with Gasteiger partial charge < -0.3 is 10.6 Å². The summed E-state index contributed by atoms with van der Waals surface area (Å²) in [6.45, 7) is 0. The second-order valence-corrected chi connectivity index (χ2v) is 16.4. The summed E-state index contributed by atoms with van der Waals surface area (Å²) in [4.78, 5) is 42.7. The van der Waals surface area contributed by atoms with Crippen molar-refractivity contribution in [1.82, 2.24) is 39.9 Å². The van der Waals surface area contributed by atoms with Crippen molar-refractivity contribution < 1.29 is 39.9 Å². The first-order valence-corrected chi connectivity index (χ1v) is 23.2. The summed E-state index contributed by atoms with van der Waals surface area (Å²) in [5.74, 6) is 4.33. The van der Waals surface area contributed by atoms with Crippen LogP contribution in [0.1, 0.15) is 27.3 Å². The Kier molecular flexibility index (Phi) is 17.6. The summed E-state index contributed by atoms with van der Waals surface area (Å²) in [7, 11) is 0. The molecule has 6 aromatic heterocycles. The average molecular weight is 1080 g/mol. The zero-order valence-corrected chi connectivity index (χ0v) is 40.7. The summed E-state index contributed by atoms with van der Waals surface area (Å²) in [5, 5.41) is 9.72. The molecule has 23 heteroatoms. The van der Waals surface area contributed by atoms with E-state index in [9.17, 15) is 39.9 Å². The summed E-state index contributed by atoms with van der Waals surface area (Å²) in [6.07, 6.45) is 4.63. The van der Waals surface area contributed by atoms with Crippen LogP contribution >= 0.6 is 0 Å². The van der Waals surface area contributed by atoms with Gasteiger partial charge in [-0.3, -0.25) is 30.2 Å². The number of hydrazine groups is 1. The van der Waals surface area contributed by atoms with Crippen LogP contribution in [0.4, 0.5) is 69.8 Å². The highest BCUT2D eigenvalue weighted by molar-refractivity contribution is 5.78. The van der Waals surface area contributed by atoms with Crippen molar-refractivity contribution in [1.29, 1.82) is 0 Å². The van der Waals surface area contributed by atoms with Gasteiger partial charge in [0, 0.05) is 58.4 Å². The van der Waals surface area contributed by atoms with Crippen molar-refractivity contribution >= 4 is 47.1 Å². The molecule has 0 aliphatic carbocycles. The first kappa shape index (κ1) is 54.8. The van der Waals surface area contributed by atoms with Crippen LogP contribution in [0, 0.1) is 11.6 Å². The Morgan fingerprint density at radius 2 is 0.899 bits per heavy atom. The molecule has 0 unspecified atom stereocenters. The van der Waals surface area contributed by atoms with Crippen LogP contribution < -0.4 is 27.3 Å². The molecular weight excluding hydrogens is 1040 g/mol. The molecule has 0 saturated heterocycles. The number of nitrogens with zero attached hydrogens (tertiary/aromatic N) is 9. The maximum absolute atomic E-state index is 14.6. The smallest absolute Gasteiger partial charge is 0.354 e. The van der Waals surface area contributed by atoms with E-state index in [1.165, 1.54) is 55.1 Å². The first-order valence-electron chi connectivity index (χ1n) is 23.2. The summed E-state index contributed by atoms with van der Waals surface area (Å²) < 4.78 is 105. The Bertz CT molecular complexity index is 3670. The molecule has 0 spiro atoms. The number of aldehydes is 1. The minimum atomic E-state index is -4.43. The lowest BCUT2D eigenvalue weighted by atomic mass is 10.0. The molecule has 4 aromatic carbocycles. The number of nitrogen functional groups attached to an aromatic ring is 1. The monoisotopic (exact) mass is 1080 g/mol. The number of halogens is 8. The number of hydrogen-bond donors (Lipinski definition) is 5. The number of hydrazone groups is 1. The molecule has 0 saturated carbocycles. The van der Waals surface area contributed by atoms with Gasteiger partial charge in [0.2, 0.25) is 11.9 Å². The van der Waals surface area contributed by atoms with E-state index in [0.29, 0.717) is 40.2 Å². The Labute approximate surface area is 444 Å². The molecule has 0 aliphatic heterocycles. The van der Waals surface area contributed by atoms with Gasteiger partial charge in [0.25, 0.3) is 0 Å². The zero-order valence-electron chi connectivity index (χ0n) is 40.7. The predicted octanol–water partition coefficient (Wildman–Crippen LogP) is 13.2. The topological polar surface area (TPSA) is 207 Å². The van der Waals surface area contributed by atoms with Crippen molar-refractivity contribution in [3.8, 4) is 44.8 Å². The molecule has 15 nitrogen and oxygen atoms in total. The number of alkyl halides is 6. The quantitative estimate of drug-likeness (QED) is 0.0239. The zero-order chi connectivity index (χ0) is 55.8. The SMILES string of the molecule is Fc1cnc(N/N=C/c2ccc(Nc3cccc(C(F)(F)F)c3)cn2)nc1-c1cncc(-c2ccccc2)c1.NNc1ncc(F)c(-c2cncc(-c3ccccc3)c2)n1.O=Cc1ccc(Nc2cccc(C(F)(F)F)c2)cn1. The van der Waals surface area contributed by atoms with E-state index in [-0.39, 0.29) is 34.7 Å². The van der Waals surface area contributed by atoms with E-state index in [1.807, 2.05) is 66.7 Å². The molecule has 0 aliphatic rings. The molecule has 0 amide bonds. The normalized spacial score (nSPS) is 11.1. The minimum absolute atomic E-state index is 0.0654. The third-order valence-electron chi connectivity index (χ3n) is 10.9. The largest absolute Gasteiger partial charge is 0.416 e. The van der Waals surface area contributed by atoms with Crippen LogP contribution in [-0.2, 0) is 12.4 Å². The van der Waals surface area contributed by atoms with Gasteiger partial charge in [0.1, 0.15) is 17.1 Å². The number of aromatic nitrogens is 8. The number of carbonyl (C=O) groups excluding carboxylic acids is 1. The van der Waals surface area contributed by atoms with Crippen molar-refractivity contribution in [3.05, 3.63) is 229 Å².